The minimum atomic E-state index is -0.923. The third-order valence-corrected chi connectivity index (χ3v) is 4.34. The number of fused-ring (bicyclic) bond motifs is 1. The number of rotatable bonds is 4. The maximum atomic E-state index is 13.3. The normalized spacial score (nSPS) is 12.4. The Labute approximate surface area is 124 Å². The lowest BCUT2D eigenvalue weighted by molar-refractivity contribution is -0.138. The Morgan fingerprint density at radius 1 is 1.24 bits per heavy atom. The average molecular weight is 301 g/mol. The molecule has 0 saturated carbocycles. The summed E-state index contributed by atoms with van der Waals surface area (Å²) in [5.41, 5.74) is 1.46. The Morgan fingerprint density at radius 3 is 2.81 bits per heavy atom. The van der Waals surface area contributed by atoms with Crippen LogP contribution in [-0.4, -0.2) is 15.4 Å². The maximum absolute atomic E-state index is 13.3. The highest BCUT2D eigenvalue weighted by atomic mass is 32.1. The lowest BCUT2D eigenvalue weighted by Crippen LogP contribution is -2.13. The molecule has 0 amide bonds. The van der Waals surface area contributed by atoms with Crippen LogP contribution in [0.3, 0.4) is 0 Å². The summed E-state index contributed by atoms with van der Waals surface area (Å²) in [6.45, 7) is 0. The first-order valence-corrected chi connectivity index (χ1v) is 7.24. The summed E-state index contributed by atoms with van der Waals surface area (Å²) >= 11 is 1.20. The molecule has 1 atom stereocenters. The summed E-state index contributed by atoms with van der Waals surface area (Å²) in [6, 6.07) is 13.5. The monoisotopic (exact) mass is 301 g/mol. The third kappa shape index (κ3) is 2.78. The van der Waals surface area contributed by atoms with Gasteiger partial charge in [-0.05, 0) is 41.7 Å². The molecule has 0 fully saturated rings. The van der Waals surface area contributed by atoms with Gasteiger partial charge in [0.05, 0.1) is 11.4 Å². The van der Waals surface area contributed by atoms with Crippen LogP contribution in [0.4, 0.5) is 4.39 Å². The highest BCUT2D eigenvalue weighted by molar-refractivity contribution is 7.07. The fourth-order valence-electron chi connectivity index (χ4n) is 2.35. The van der Waals surface area contributed by atoms with E-state index in [0.717, 1.165) is 10.9 Å². The fraction of sp³-hybridized carbons (Fsp3) is 0.125. The van der Waals surface area contributed by atoms with Crippen LogP contribution in [0.2, 0.25) is 0 Å². The van der Waals surface area contributed by atoms with E-state index in [1.54, 1.807) is 12.1 Å². The zero-order valence-electron chi connectivity index (χ0n) is 11.0. The number of aliphatic carboxylic acids is 1. The highest BCUT2D eigenvalue weighted by Crippen LogP contribution is 2.32. The number of halogens is 1. The predicted octanol–water partition coefficient (Wildman–Crippen LogP) is 3.85. The molecule has 0 spiro atoms. The second kappa shape index (κ2) is 5.61. The molecule has 0 saturated heterocycles. The summed E-state index contributed by atoms with van der Waals surface area (Å²) in [5, 5.41) is 10.4. The lowest BCUT2D eigenvalue weighted by Gasteiger charge is -2.11. The molecule has 1 unspecified atom stereocenters. The van der Waals surface area contributed by atoms with Crippen molar-refractivity contribution in [3.63, 3.8) is 0 Å². The Morgan fingerprint density at radius 2 is 2.05 bits per heavy atom. The second-order valence-electron chi connectivity index (χ2n) is 4.79. The number of carbonyl (C=O) groups is 1. The largest absolute Gasteiger partial charge is 0.481 e. The Bertz CT molecular complexity index is 800. The number of carboxylic acid groups (broad SMARTS) is 1. The van der Waals surface area contributed by atoms with Crippen molar-refractivity contribution in [1.82, 2.24) is 4.37 Å². The molecule has 106 valence electrons. The second-order valence-corrected chi connectivity index (χ2v) is 5.59. The first kappa shape index (κ1) is 13.7. The summed E-state index contributed by atoms with van der Waals surface area (Å²) in [6.07, 6.45) is 0.249. The molecule has 5 heteroatoms. The van der Waals surface area contributed by atoms with Gasteiger partial charge in [0.1, 0.15) is 5.82 Å². The number of hydrogen-bond acceptors (Lipinski definition) is 3. The van der Waals surface area contributed by atoms with Crippen LogP contribution in [0, 0.1) is 5.82 Å². The maximum Gasteiger partial charge on any atom is 0.312 e. The van der Waals surface area contributed by atoms with E-state index in [9.17, 15) is 14.3 Å². The summed E-state index contributed by atoms with van der Waals surface area (Å²) in [5.74, 6) is -2.00. The molecule has 0 bridgehead atoms. The number of benzene rings is 2. The first-order valence-electron chi connectivity index (χ1n) is 6.46. The summed E-state index contributed by atoms with van der Waals surface area (Å²) < 4.78 is 17.5. The van der Waals surface area contributed by atoms with Crippen molar-refractivity contribution in [2.45, 2.75) is 12.3 Å². The molecule has 3 nitrogen and oxygen atoms in total. The van der Waals surface area contributed by atoms with Gasteiger partial charge in [0.25, 0.3) is 0 Å². The lowest BCUT2D eigenvalue weighted by atomic mass is 9.96. The van der Waals surface area contributed by atoms with Crippen molar-refractivity contribution in [3.05, 3.63) is 64.8 Å². The molecule has 2 aromatic carbocycles. The molecule has 3 rings (SSSR count). The topological polar surface area (TPSA) is 50.2 Å². The molecule has 1 heterocycles. The standard InChI is InChI=1S/C16H12FNO2S/c17-11-5-3-4-10(8-11)9-13(16(19)20)15-12-6-1-2-7-14(12)18-21-15/h1-8,13H,9H2,(H,19,20). The molecule has 1 aromatic heterocycles. The zero-order chi connectivity index (χ0) is 14.8. The van der Waals surface area contributed by atoms with E-state index in [4.69, 9.17) is 0 Å². The van der Waals surface area contributed by atoms with Crippen molar-refractivity contribution in [3.8, 4) is 0 Å². The molecule has 1 N–H and O–H groups in total. The van der Waals surface area contributed by atoms with E-state index < -0.39 is 11.9 Å². The van der Waals surface area contributed by atoms with Crippen LogP contribution in [0.5, 0.6) is 0 Å². The van der Waals surface area contributed by atoms with Crippen molar-refractivity contribution in [2.24, 2.45) is 0 Å². The van der Waals surface area contributed by atoms with Crippen LogP contribution in [0.15, 0.2) is 48.5 Å². The van der Waals surface area contributed by atoms with E-state index in [-0.39, 0.29) is 12.2 Å². The molecular formula is C16H12FNO2S. The minimum absolute atomic E-state index is 0.249. The first-order chi connectivity index (χ1) is 10.1. The van der Waals surface area contributed by atoms with Crippen LogP contribution in [0.25, 0.3) is 10.9 Å². The Kier molecular flexibility index (Phi) is 3.66. The molecule has 0 radical (unpaired) electrons. The van der Waals surface area contributed by atoms with E-state index >= 15 is 0 Å². The van der Waals surface area contributed by atoms with Gasteiger partial charge in [0.15, 0.2) is 0 Å². The van der Waals surface area contributed by atoms with Gasteiger partial charge < -0.3 is 5.11 Å². The molecular weight excluding hydrogens is 289 g/mol. The molecule has 0 aliphatic carbocycles. The molecule has 3 aromatic rings. The highest BCUT2D eigenvalue weighted by Gasteiger charge is 2.24. The van der Waals surface area contributed by atoms with E-state index in [2.05, 4.69) is 4.37 Å². The SMILES string of the molecule is O=C(O)C(Cc1cccc(F)c1)c1snc2ccccc12. The van der Waals surface area contributed by atoms with Crippen molar-refractivity contribution >= 4 is 28.4 Å². The number of nitrogens with zero attached hydrogens (tertiary/aromatic N) is 1. The van der Waals surface area contributed by atoms with Crippen molar-refractivity contribution < 1.29 is 14.3 Å². The van der Waals surface area contributed by atoms with Gasteiger partial charge in [-0.3, -0.25) is 4.79 Å². The van der Waals surface area contributed by atoms with Crippen LogP contribution >= 0.6 is 11.5 Å². The van der Waals surface area contributed by atoms with Gasteiger partial charge in [-0.25, -0.2) is 4.39 Å². The smallest absolute Gasteiger partial charge is 0.312 e. The predicted molar refractivity (Wildman–Crippen MR) is 80.1 cm³/mol. The minimum Gasteiger partial charge on any atom is -0.481 e. The summed E-state index contributed by atoms with van der Waals surface area (Å²) in [4.78, 5) is 12.3. The van der Waals surface area contributed by atoms with Crippen LogP contribution in [-0.2, 0) is 11.2 Å². The average Bonchev–Trinajstić information content (AvgIpc) is 2.88. The molecule has 21 heavy (non-hydrogen) atoms. The van der Waals surface area contributed by atoms with E-state index in [1.165, 1.54) is 23.7 Å². The quantitative estimate of drug-likeness (QED) is 0.796. The van der Waals surface area contributed by atoms with Gasteiger partial charge in [0.2, 0.25) is 0 Å². The van der Waals surface area contributed by atoms with Crippen LogP contribution < -0.4 is 0 Å². The molecule has 0 aliphatic rings. The third-order valence-electron chi connectivity index (χ3n) is 3.36. The number of carboxylic acids is 1. The van der Waals surface area contributed by atoms with Gasteiger partial charge >= 0.3 is 5.97 Å². The van der Waals surface area contributed by atoms with Crippen molar-refractivity contribution in [1.29, 1.82) is 0 Å². The van der Waals surface area contributed by atoms with Gasteiger partial charge in [0, 0.05) is 10.3 Å². The molecule has 0 aliphatic heterocycles. The van der Waals surface area contributed by atoms with E-state index in [0.29, 0.717) is 10.4 Å². The Hall–Kier alpha value is -2.27. The van der Waals surface area contributed by atoms with Crippen LogP contribution in [0.1, 0.15) is 16.4 Å². The van der Waals surface area contributed by atoms with Gasteiger partial charge in [-0.15, -0.1) is 0 Å². The van der Waals surface area contributed by atoms with Crippen molar-refractivity contribution in [2.75, 3.05) is 0 Å². The number of aromatic nitrogens is 1. The summed E-state index contributed by atoms with van der Waals surface area (Å²) in [7, 11) is 0. The number of hydrogen-bond donors (Lipinski definition) is 1. The fourth-order valence-corrected chi connectivity index (χ4v) is 3.29. The van der Waals surface area contributed by atoms with Gasteiger partial charge in [-0.1, -0.05) is 30.3 Å². The Balaban J connectivity index is 2.00. The van der Waals surface area contributed by atoms with Gasteiger partial charge in [-0.2, -0.15) is 4.37 Å². The zero-order valence-corrected chi connectivity index (χ0v) is 11.8. The van der Waals surface area contributed by atoms with E-state index in [1.807, 2.05) is 24.3 Å².